The normalized spacial score (nSPS) is 10.8. The van der Waals surface area contributed by atoms with E-state index in [-0.39, 0.29) is 12.3 Å². The van der Waals surface area contributed by atoms with Gasteiger partial charge in [0.05, 0.1) is 13.0 Å². The summed E-state index contributed by atoms with van der Waals surface area (Å²) in [5, 5.41) is 12.3. The molecule has 1 N–H and O–H groups in total. The minimum atomic E-state index is -0.109. The lowest BCUT2D eigenvalue weighted by atomic mass is 10.1. The van der Waals surface area contributed by atoms with Gasteiger partial charge in [0.1, 0.15) is 10.8 Å². The van der Waals surface area contributed by atoms with Gasteiger partial charge in [0.15, 0.2) is 0 Å². The molecule has 0 aliphatic carbocycles. The Bertz CT molecular complexity index is 623. The summed E-state index contributed by atoms with van der Waals surface area (Å²) in [5.41, 5.74) is 1.27. The summed E-state index contributed by atoms with van der Waals surface area (Å²) in [4.78, 5) is 11.9. The van der Waals surface area contributed by atoms with Crippen LogP contribution < -0.4 is 10.1 Å². The van der Waals surface area contributed by atoms with E-state index in [0.29, 0.717) is 17.7 Å². The molecular formula is C17H23N3O2S. The largest absolute Gasteiger partial charge is 0.493 e. The van der Waals surface area contributed by atoms with E-state index in [0.717, 1.165) is 23.6 Å². The molecule has 1 aromatic carbocycles. The third-order valence-electron chi connectivity index (χ3n) is 3.23. The van der Waals surface area contributed by atoms with Gasteiger partial charge in [-0.25, -0.2) is 0 Å². The van der Waals surface area contributed by atoms with E-state index < -0.39 is 0 Å². The van der Waals surface area contributed by atoms with Gasteiger partial charge >= 0.3 is 0 Å². The van der Waals surface area contributed by atoms with E-state index in [4.69, 9.17) is 4.74 Å². The zero-order chi connectivity index (χ0) is 16.7. The van der Waals surface area contributed by atoms with Crippen LogP contribution in [0.25, 0.3) is 0 Å². The molecule has 0 atom stereocenters. The summed E-state index contributed by atoms with van der Waals surface area (Å²) in [5.74, 6) is 1.20. The Hall–Kier alpha value is -1.95. The second-order valence-corrected chi connectivity index (χ2v) is 6.81. The number of ether oxygens (including phenoxy) is 1. The maximum Gasteiger partial charge on any atom is 0.229 e. The van der Waals surface area contributed by atoms with Gasteiger partial charge in [-0.1, -0.05) is 44.2 Å². The van der Waals surface area contributed by atoms with E-state index in [1.165, 1.54) is 16.9 Å². The smallest absolute Gasteiger partial charge is 0.229 e. The molecule has 0 aliphatic heterocycles. The van der Waals surface area contributed by atoms with Crippen LogP contribution in [0.5, 0.6) is 5.75 Å². The Kier molecular flexibility index (Phi) is 6.52. The quantitative estimate of drug-likeness (QED) is 0.800. The van der Waals surface area contributed by atoms with Gasteiger partial charge in [-0.05, 0) is 30.0 Å². The van der Waals surface area contributed by atoms with Crippen molar-refractivity contribution in [1.29, 1.82) is 0 Å². The monoisotopic (exact) mass is 333 g/mol. The lowest BCUT2D eigenvalue weighted by molar-refractivity contribution is -0.116. The van der Waals surface area contributed by atoms with Gasteiger partial charge in [0.2, 0.25) is 11.0 Å². The minimum absolute atomic E-state index is 0.109. The van der Waals surface area contributed by atoms with Crippen LogP contribution in [0.1, 0.15) is 37.8 Å². The average molecular weight is 333 g/mol. The van der Waals surface area contributed by atoms with Crippen LogP contribution >= 0.6 is 11.3 Å². The highest BCUT2D eigenvalue weighted by Gasteiger charge is 2.09. The summed E-state index contributed by atoms with van der Waals surface area (Å²) < 4.78 is 5.58. The lowest BCUT2D eigenvalue weighted by Gasteiger charge is -2.06. The molecule has 0 saturated heterocycles. The number of aryl methyl sites for hydroxylation is 1. The zero-order valence-electron chi connectivity index (χ0n) is 13.8. The fourth-order valence-corrected chi connectivity index (χ4v) is 2.97. The van der Waals surface area contributed by atoms with Crippen molar-refractivity contribution < 1.29 is 9.53 Å². The van der Waals surface area contributed by atoms with Crippen molar-refractivity contribution in [2.45, 2.75) is 40.0 Å². The first kappa shape index (κ1) is 17.4. The summed E-state index contributed by atoms with van der Waals surface area (Å²) >= 11 is 1.43. The van der Waals surface area contributed by atoms with Crippen molar-refractivity contribution >= 4 is 22.4 Å². The van der Waals surface area contributed by atoms with Crippen LogP contribution in [0, 0.1) is 5.92 Å². The number of carbonyl (C=O) groups is 1. The first-order valence-corrected chi connectivity index (χ1v) is 8.72. The summed E-state index contributed by atoms with van der Waals surface area (Å²) in [6.45, 7) is 6.71. The predicted octanol–water partition coefficient (Wildman–Crippen LogP) is 3.71. The van der Waals surface area contributed by atoms with Crippen LogP contribution in [-0.4, -0.2) is 22.7 Å². The zero-order valence-corrected chi connectivity index (χ0v) is 14.7. The van der Waals surface area contributed by atoms with E-state index >= 15 is 0 Å². The van der Waals surface area contributed by atoms with Crippen LogP contribution in [0.3, 0.4) is 0 Å². The molecule has 2 aromatic rings. The van der Waals surface area contributed by atoms with Gasteiger partial charge in [-0.15, -0.1) is 10.2 Å². The molecule has 5 nitrogen and oxygen atoms in total. The van der Waals surface area contributed by atoms with Gasteiger partial charge in [0.25, 0.3) is 0 Å². The number of hydrogen-bond acceptors (Lipinski definition) is 5. The molecule has 0 bridgehead atoms. The number of amides is 1. The fraction of sp³-hybridized carbons (Fsp3) is 0.471. The number of nitrogens with one attached hydrogen (secondary N) is 1. The Morgan fingerprint density at radius 2 is 2.00 bits per heavy atom. The maximum atomic E-state index is 11.9. The maximum absolute atomic E-state index is 11.9. The first-order valence-electron chi connectivity index (χ1n) is 7.90. The molecule has 0 saturated carbocycles. The van der Waals surface area contributed by atoms with Crippen molar-refractivity contribution in [3.05, 3.63) is 34.8 Å². The molecule has 0 unspecified atom stereocenters. The van der Waals surface area contributed by atoms with Crippen molar-refractivity contribution in [2.24, 2.45) is 5.92 Å². The van der Waals surface area contributed by atoms with Crippen molar-refractivity contribution in [3.63, 3.8) is 0 Å². The molecule has 124 valence electrons. The van der Waals surface area contributed by atoms with E-state index in [1.807, 2.05) is 24.3 Å². The summed E-state index contributed by atoms with van der Waals surface area (Å²) in [7, 11) is 0. The fourth-order valence-electron chi connectivity index (χ4n) is 2.00. The molecular weight excluding hydrogens is 310 g/mol. The number of benzene rings is 1. The van der Waals surface area contributed by atoms with Crippen LogP contribution in [0.2, 0.25) is 0 Å². The van der Waals surface area contributed by atoms with Gasteiger partial charge in [-0.3, -0.25) is 4.79 Å². The second-order valence-electron chi connectivity index (χ2n) is 5.74. The highest BCUT2D eigenvalue weighted by Crippen LogP contribution is 2.18. The molecule has 0 fully saturated rings. The van der Waals surface area contributed by atoms with Crippen molar-refractivity contribution in [3.8, 4) is 5.75 Å². The first-order chi connectivity index (χ1) is 11.1. The average Bonchev–Trinajstić information content (AvgIpc) is 2.94. The third kappa shape index (κ3) is 5.98. The van der Waals surface area contributed by atoms with E-state index in [1.54, 1.807) is 0 Å². The number of carbonyl (C=O) groups excluding carboxylic acids is 1. The Labute approximate surface area is 141 Å². The topological polar surface area (TPSA) is 64.1 Å². The third-order valence-corrected chi connectivity index (χ3v) is 4.09. The van der Waals surface area contributed by atoms with Crippen LogP contribution in [0.4, 0.5) is 5.13 Å². The summed E-state index contributed by atoms with van der Waals surface area (Å²) in [6, 6.07) is 7.93. The van der Waals surface area contributed by atoms with Gasteiger partial charge < -0.3 is 10.1 Å². The molecule has 0 spiro atoms. The molecule has 6 heteroatoms. The van der Waals surface area contributed by atoms with Gasteiger partial charge in [0, 0.05) is 6.42 Å². The van der Waals surface area contributed by atoms with E-state index in [2.05, 4.69) is 36.3 Å². The number of rotatable bonds is 8. The van der Waals surface area contributed by atoms with Crippen molar-refractivity contribution in [2.75, 3.05) is 11.9 Å². The molecule has 1 aromatic heterocycles. The number of hydrogen-bond donors (Lipinski definition) is 1. The van der Waals surface area contributed by atoms with Gasteiger partial charge in [-0.2, -0.15) is 0 Å². The molecule has 0 radical (unpaired) electrons. The SMILES string of the molecule is CCc1ccc(OCCC(=O)Nc2nnc(CC(C)C)s2)cc1. The Balaban J connectivity index is 1.73. The number of aromatic nitrogens is 2. The predicted molar refractivity (Wildman–Crippen MR) is 93.0 cm³/mol. The molecule has 1 heterocycles. The standard InChI is InChI=1S/C17H23N3O2S/c1-4-13-5-7-14(8-6-13)22-10-9-15(21)18-17-20-19-16(23-17)11-12(2)3/h5-8,12H,4,9-11H2,1-3H3,(H,18,20,21). The highest BCUT2D eigenvalue weighted by molar-refractivity contribution is 7.15. The molecule has 0 aliphatic rings. The molecule has 23 heavy (non-hydrogen) atoms. The number of anilines is 1. The second kappa shape index (κ2) is 8.62. The number of nitrogens with zero attached hydrogens (tertiary/aromatic N) is 2. The van der Waals surface area contributed by atoms with E-state index in [9.17, 15) is 4.79 Å². The van der Waals surface area contributed by atoms with Crippen LogP contribution in [0.15, 0.2) is 24.3 Å². The summed E-state index contributed by atoms with van der Waals surface area (Å²) in [6.07, 6.45) is 2.17. The van der Waals surface area contributed by atoms with Crippen molar-refractivity contribution in [1.82, 2.24) is 10.2 Å². The minimum Gasteiger partial charge on any atom is -0.493 e. The lowest BCUT2D eigenvalue weighted by Crippen LogP contribution is -2.15. The Morgan fingerprint density at radius 1 is 1.26 bits per heavy atom. The Morgan fingerprint density at radius 3 is 2.65 bits per heavy atom. The highest BCUT2D eigenvalue weighted by atomic mass is 32.1. The molecule has 2 rings (SSSR count). The van der Waals surface area contributed by atoms with Crippen LogP contribution in [-0.2, 0) is 17.6 Å². The molecule has 1 amide bonds.